The Morgan fingerprint density at radius 2 is 1.61 bits per heavy atom. The quantitative estimate of drug-likeness (QED) is 0.407. The summed E-state index contributed by atoms with van der Waals surface area (Å²) in [4.78, 5) is 4.07. The largest absolute Gasteiger partial charge is 0.382 e. The molecule has 2 aromatic carbocycles. The molecule has 4 rings (SSSR count). The molecule has 4 aromatic rings. The molecule has 4 nitrogen and oxygen atoms in total. The lowest BCUT2D eigenvalue weighted by atomic mass is 10.1. The van der Waals surface area contributed by atoms with Gasteiger partial charge in [0.2, 0.25) is 0 Å². The summed E-state index contributed by atoms with van der Waals surface area (Å²) in [6.07, 6.45) is 7.89. The predicted octanol–water partition coefficient (Wildman–Crippen LogP) is 5.02. The lowest BCUT2D eigenvalue weighted by Gasteiger charge is -2.08. The zero-order chi connectivity index (χ0) is 19.2. The first-order valence-corrected chi connectivity index (χ1v) is 9.52. The highest BCUT2D eigenvalue weighted by Gasteiger charge is 2.10. The van der Waals surface area contributed by atoms with Gasteiger partial charge in [-0.1, -0.05) is 36.4 Å². The fourth-order valence-electron chi connectivity index (χ4n) is 3.48. The predicted molar refractivity (Wildman–Crippen MR) is 115 cm³/mol. The molecule has 142 valence electrons. The summed E-state index contributed by atoms with van der Waals surface area (Å²) < 4.78 is 13.1. The Kier molecular flexibility index (Phi) is 5.80. The minimum Gasteiger partial charge on any atom is -0.382 e. The maximum atomic E-state index is 5.69. The van der Waals surface area contributed by atoms with Crippen LogP contribution in [-0.2, 0) is 16.0 Å². The molecule has 4 heteroatoms. The lowest BCUT2D eigenvalue weighted by molar-refractivity contribution is 0.0673. The van der Waals surface area contributed by atoms with Gasteiger partial charge in [0, 0.05) is 47.9 Å². The maximum absolute atomic E-state index is 5.69. The number of methoxy groups -OCH3 is 1. The average Bonchev–Trinajstić information content (AvgIpc) is 3.06. The smallest absolute Gasteiger partial charge is 0.0701 e. The van der Waals surface area contributed by atoms with E-state index < -0.39 is 0 Å². The van der Waals surface area contributed by atoms with E-state index in [0.717, 1.165) is 12.1 Å². The third-order valence-corrected chi connectivity index (χ3v) is 4.86. The van der Waals surface area contributed by atoms with E-state index in [4.69, 9.17) is 9.47 Å². The van der Waals surface area contributed by atoms with Crippen LogP contribution in [0.1, 0.15) is 11.1 Å². The van der Waals surface area contributed by atoms with Crippen LogP contribution in [0.2, 0.25) is 0 Å². The molecule has 0 saturated heterocycles. The van der Waals surface area contributed by atoms with Gasteiger partial charge in [-0.15, -0.1) is 0 Å². The van der Waals surface area contributed by atoms with E-state index in [-0.39, 0.29) is 0 Å². The number of nitrogens with zero attached hydrogens (tertiary/aromatic N) is 2. The van der Waals surface area contributed by atoms with Gasteiger partial charge in [0.1, 0.15) is 0 Å². The fourth-order valence-corrected chi connectivity index (χ4v) is 3.48. The first-order chi connectivity index (χ1) is 13.9. The molecule has 0 amide bonds. The molecule has 0 atom stereocenters. The maximum Gasteiger partial charge on any atom is 0.0701 e. The Balaban J connectivity index is 1.65. The minimum absolute atomic E-state index is 0.623. The van der Waals surface area contributed by atoms with E-state index in [1.807, 2.05) is 24.5 Å². The summed E-state index contributed by atoms with van der Waals surface area (Å²) in [5.41, 5.74) is 4.80. The molecule has 28 heavy (non-hydrogen) atoms. The van der Waals surface area contributed by atoms with Gasteiger partial charge < -0.3 is 14.0 Å². The van der Waals surface area contributed by atoms with Gasteiger partial charge in [0.25, 0.3) is 0 Å². The molecular weight excluding hydrogens is 348 g/mol. The van der Waals surface area contributed by atoms with Crippen molar-refractivity contribution in [3.63, 3.8) is 0 Å². The summed E-state index contributed by atoms with van der Waals surface area (Å²) in [5.74, 6) is 0. The molecule has 0 fully saturated rings. The number of aromatic nitrogens is 2. The van der Waals surface area contributed by atoms with Crippen LogP contribution in [0.25, 0.3) is 34.0 Å². The molecule has 0 N–H and O–H groups in total. The van der Waals surface area contributed by atoms with E-state index in [9.17, 15) is 0 Å². The van der Waals surface area contributed by atoms with E-state index >= 15 is 0 Å². The number of hydrogen-bond donors (Lipinski definition) is 0. The van der Waals surface area contributed by atoms with Gasteiger partial charge in [0.15, 0.2) is 0 Å². The van der Waals surface area contributed by atoms with Crippen molar-refractivity contribution in [3.05, 3.63) is 78.1 Å². The second kappa shape index (κ2) is 8.83. The Bertz CT molecular complexity index is 1080. The summed E-state index contributed by atoms with van der Waals surface area (Å²) in [6, 6.07) is 19.2. The van der Waals surface area contributed by atoms with Gasteiger partial charge in [0.05, 0.1) is 19.8 Å². The molecule has 0 bridgehead atoms. The Morgan fingerprint density at radius 1 is 0.821 bits per heavy atom. The van der Waals surface area contributed by atoms with Gasteiger partial charge in [-0.3, -0.25) is 4.98 Å². The number of para-hydroxylation sites is 1. The summed E-state index contributed by atoms with van der Waals surface area (Å²) in [5, 5.41) is 2.54. The van der Waals surface area contributed by atoms with Crippen molar-refractivity contribution in [1.29, 1.82) is 0 Å². The van der Waals surface area contributed by atoms with Crippen LogP contribution in [0.3, 0.4) is 0 Å². The van der Waals surface area contributed by atoms with Crippen LogP contribution in [0.5, 0.6) is 0 Å². The van der Waals surface area contributed by atoms with Crippen LogP contribution in [0.4, 0.5) is 0 Å². The monoisotopic (exact) mass is 372 g/mol. The highest BCUT2D eigenvalue weighted by molar-refractivity contribution is 6.08. The number of hydrogen-bond acceptors (Lipinski definition) is 3. The number of pyridine rings is 1. The van der Waals surface area contributed by atoms with Crippen molar-refractivity contribution in [1.82, 2.24) is 9.55 Å². The molecule has 0 unspecified atom stereocenters. The summed E-state index contributed by atoms with van der Waals surface area (Å²) >= 11 is 0. The van der Waals surface area contributed by atoms with Crippen molar-refractivity contribution in [2.45, 2.75) is 6.54 Å². The number of fused-ring (bicyclic) bond motifs is 3. The molecule has 0 aliphatic heterocycles. The fraction of sp³-hybridized carbons (Fsp3) is 0.208. The second-order valence-corrected chi connectivity index (χ2v) is 6.66. The first-order valence-electron chi connectivity index (χ1n) is 9.52. The second-order valence-electron chi connectivity index (χ2n) is 6.66. The van der Waals surface area contributed by atoms with Gasteiger partial charge >= 0.3 is 0 Å². The van der Waals surface area contributed by atoms with Crippen LogP contribution >= 0.6 is 0 Å². The summed E-state index contributed by atoms with van der Waals surface area (Å²) in [7, 11) is 1.69. The zero-order valence-corrected chi connectivity index (χ0v) is 16.0. The van der Waals surface area contributed by atoms with E-state index in [1.54, 1.807) is 7.11 Å². The molecule has 0 radical (unpaired) electrons. The highest BCUT2D eigenvalue weighted by Crippen LogP contribution is 2.30. The standard InChI is InChI=1S/C24H24N2O2/c1-27-16-17-28-15-14-26-23-5-3-2-4-21(23)22-18-20(8-9-24(22)26)7-6-19-10-12-25-13-11-19/h2-13,18H,14-17H2,1H3/b7-6+. The zero-order valence-electron chi connectivity index (χ0n) is 16.0. The van der Waals surface area contributed by atoms with Crippen molar-refractivity contribution < 1.29 is 9.47 Å². The molecule has 0 saturated carbocycles. The average molecular weight is 372 g/mol. The molecule has 0 spiro atoms. The van der Waals surface area contributed by atoms with Crippen LogP contribution in [0, 0.1) is 0 Å². The van der Waals surface area contributed by atoms with Crippen LogP contribution in [0.15, 0.2) is 67.0 Å². The first kappa shape index (κ1) is 18.4. The minimum atomic E-state index is 0.623. The van der Waals surface area contributed by atoms with Gasteiger partial charge in [-0.25, -0.2) is 0 Å². The van der Waals surface area contributed by atoms with E-state index in [2.05, 4.69) is 64.2 Å². The Hall–Kier alpha value is -2.95. The summed E-state index contributed by atoms with van der Waals surface area (Å²) in [6.45, 7) is 2.73. The molecule has 0 aliphatic carbocycles. The van der Waals surface area contributed by atoms with Crippen molar-refractivity contribution in [2.24, 2.45) is 0 Å². The SMILES string of the molecule is COCCOCCn1c2ccccc2c2cc(/C=C/c3ccncc3)ccc21. The van der Waals surface area contributed by atoms with Crippen LogP contribution in [-0.4, -0.2) is 36.5 Å². The van der Waals surface area contributed by atoms with Crippen LogP contribution < -0.4 is 0 Å². The third-order valence-electron chi connectivity index (χ3n) is 4.86. The molecule has 2 heterocycles. The third kappa shape index (κ3) is 3.98. The van der Waals surface area contributed by atoms with Gasteiger partial charge in [-0.05, 0) is 41.5 Å². The molecular formula is C24H24N2O2. The topological polar surface area (TPSA) is 36.3 Å². The number of benzene rings is 2. The highest BCUT2D eigenvalue weighted by atomic mass is 16.5. The number of ether oxygens (including phenoxy) is 2. The van der Waals surface area contributed by atoms with E-state index in [0.29, 0.717) is 19.8 Å². The Morgan fingerprint density at radius 3 is 2.46 bits per heavy atom. The van der Waals surface area contributed by atoms with Gasteiger partial charge in [-0.2, -0.15) is 0 Å². The Labute approximate surface area is 165 Å². The van der Waals surface area contributed by atoms with Crippen molar-refractivity contribution in [3.8, 4) is 0 Å². The van der Waals surface area contributed by atoms with E-state index in [1.165, 1.54) is 27.4 Å². The van der Waals surface area contributed by atoms with Crippen molar-refractivity contribution >= 4 is 34.0 Å². The number of rotatable bonds is 8. The lowest BCUT2D eigenvalue weighted by Crippen LogP contribution is -2.09. The molecule has 0 aliphatic rings. The normalized spacial score (nSPS) is 11.8. The van der Waals surface area contributed by atoms with Crippen molar-refractivity contribution in [2.75, 3.05) is 26.9 Å². The molecule has 2 aromatic heterocycles.